The van der Waals surface area contributed by atoms with E-state index in [4.69, 9.17) is 4.74 Å². The molecule has 1 aromatic heterocycles. The molecule has 0 aliphatic heterocycles. The van der Waals surface area contributed by atoms with Crippen LogP contribution in [0.15, 0.2) is 18.2 Å². The van der Waals surface area contributed by atoms with Gasteiger partial charge in [-0.05, 0) is 19.1 Å². The SMILES string of the molecule is COc1cccc2nc(CBr)c(C)nc12. The highest BCUT2D eigenvalue weighted by Gasteiger charge is 2.07. The van der Waals surface area contributed by atoms with E-state index in [2.05, 4.69) is 25.9 Å². The van der Waals surface area contributed by atoms with Crippen molar-refractivity contribution in [1.82, 2.24) is 9.97 Å². The quantitative estimate of drug-likeness (QED) is 0.785. The van der Waals surface area contributed by atoms with E-state index in [9.17, 15) is 0 Å². The van der Waals surface area contributed by atoms with Gasteiger partial charge in [0, 0.05) is 5.33 Å². The molecule has 0 radical (unpaired) electrons. The van der Waals surface area contributed by atoms with Crippen molar-refractivity contribution in [3.63, 3.8) is 0 Å². The summed E-state index contributed by atoms with van der Waals surface area (Å²) in [4.78, 5) is 9.01. The van der Waals surface area contributed by atoms with Gasteiger partial charge < -0.3 is 4.74 Å². The van der Waals surface area contributed by atoms with Crippen LogP contribution in [0.2, 0.25) is 0 Å². The number of halogens is 1. The zero-order valence-electron chi connectivity index (χ0n) is 8.62. The number of para-hydroxylation sites is 1. The van der Waals surface area contributed by atoms with E-state index in [-0.39, 0.29) is 0 Å². The maximum Gasteiger partial charge on any atom is 0.146 e. The molecule has 0 saturated heterocycles. The van der Waals surface area contributed by atoms with Crippen molar-refractivity contribution in [2.24, 2.45) is 0 Å². The Labute approximate surface area is 96.6 Å². The molecular formula is C11H11BrN2O. The molecule has 1 aromatic carbocycles. The molecule has 4 heteroatoms. The van der Waals surface area contributed by atoms with Gasteiger partial charge in [0.2, 0.25) is 0 Å². The molecule has 0 saturated carbocycles. The van der Waals surface area contributed by atoms with Crippen LogP contribution < -0.4 is 4.74 Å². The molecule has 1 heterocycles. The second kappa shape index (κ2) is 4.14. The summed E-state index contributed by atoms with van der Waals surface area (Å²) in [5, 5.41) is 0.721. The van der Waals surface area contributed by atoms with Gasteiger partial charge in [-0.3, -0.25) is 0 Å². The number of alkyl halides is 1. The number of aryl methyl sites for hydroxylation is 1. The molecule has 0 N–H and O–H groups in total. The largest absolute Gasteiger partial charge is 0.494 e. The minimum atomic E-state index is 0.721. The number of hydrogen-bond donors (Lipinski definition) is 0. The number of aromatic nitrogens is 2. The fourth-order valence-corrected chi connectivity index (χ4v) is 1.99. The summed E-state index contributed by atoms with van der Waals surface area (Å²) in [6.07, 6.45) is 0. The fraction of sp³-hybridized carbons (Fsp3) is 0.273. The van der Waals surface area contributed by atoms with Crippen LogP contribution >= 0.6 is 15.9 Å². The molecule has 0 fully saturated rings. The number of ether oxygens (including phenoxy) is 1. The molecular weight excluding hydrogens is 256 g/mol. The predicted molar refractivity (Wildman–Crippen MR) is 63.5 cm³/mol. The Morgan fingerprint density at radius 1 is 1.33 bits per heavy atom. The zero-order chi connectivity index (χ0) is 10.8. The van der Waals surface area contributed by atoms with Crippen LogP contribution in [-0.2, 0) is 5.33 Å². The summed E-state index contributed by atoms with van der Waals surface area (Å²) in [7, 11) is 1.64. The van der Waals surface area contributed by atoms with Gasteiger partial charge in [-0.1, -0.05) is 22.0 Å². The van der Waals surface area contributed by atoms with Gasteiger partial charge >= 0.3 is 0 Å². The molecule has 0 aliphatic rings. The summed E-state index contributed by atoms with van der Waals surface area (Å²) in [6.45, 7) is 1.95. The van der Waals surface area contributed by atoms with E-state index in [1.807, 2.05) is 25.1 Å². The third kappa shape index (κ3) is 1.81. The van der Waals surface area contributed by atoms with E-state index in [1.54, 1.807) is 7.11 Å². The summed E-state index contributed by atoms with van der Waals surface area (Å²) >= 11 is 3.40. The van der Waals surface area contributed by atoms with Gasteiger partial charge in [-0.25, -0.2) is 9.97 Å². The first-order valence-corrected chi connectivity index (χ1v) is 5.74. The Bertz CT molecular complexity index is 499. The van der Waals surface area contributed by atoms with E-state index < -0.39 is 0 Å². The molecule has 0 amide bonds. The lowest BCUT2D eigenvalue weighted by atomic mass is 10.2. The summed E-state index contributed by atoms with van der Waals surface area (Å²) in [5.41, 5.74) is 3.59. The molecule has 0 aliphatic carbocycles. The van der Waals surface area contributed by atoms with Crippen molar-refractivity contribution < 1.29 is 4.74 Å². The first-order valence-electron chi connectivity index (χ1n) is 4.62. The predicted octanol–water partition coefficient (Wildman–Crippen LogP) is 2.84. The maximum absolute atomic E-state index is 5.24. The van der Waals surface area contributed by atoms with Gasteiger partial charge in [0.1, 0.15) is 11.3 Å². The second-order valence-electron chi connectivity index (χ2n) is 3.22. The van der Waals surface area contributed by atoms with Gasteiger partial charge in [-0.2, -0.15) is 0 Å². The zero-order valence-corrected chi connectivity index (χ0v) is 10.2. The molecule has 0 spiro atoms. The molecule has 2 aromatic rings. The van der Waals surface area contributed by atoms with Crippen molar-refractivity contribution in [2.75, 3.05) is 7.11 Å². The lowest BCUT2D eigenvalue weighted by Crippen LogP contribution is -1.97. The molecule has 0 bridgehead atoms. The van der Waals surface area contributed by atoms with E-state index >= 15 is 0 Å². The minimum absolute atomic E-state index is 0.721. The number of rotatable bonds is 2. The molecule has 0 unspecified atom stereocenters. The monoisotopic (exact) mass is 266 g/mol. The Hall–Kier alpha value is -1.16. The number of nitrogens with zero attached hydrogens (tertiary/aromatic N) is 2. The Kier molecular flexibility index (Phi) is 2.86. The highest BCUT2D eigenvalue weighted by molar-refractivity contribution is 9.08. The smallest absolute Gasteiger partial charge is 0.146 e. The average molecular weight is 267 g/mol. The summed E-state index contributed by atoms with van der Waals surface area (Å²) in [6, 6.07) is 5.75. The second-order valence-corrected chi connectivity index (χ2v) is 3.78. The van der Waals surface area contributed by atoms with Crippen molar-refractivity contribution >= 4 is 27.0 Å². The Morgan fingerprint density at radius 2 is 2.13 bits per heavy atom. The first kappa shape index (κ1) is 10.4. The third-order valence-electron chi connectivity index (χ3n) is 2.28. The van der Waals surface area contributed by atoms with Crippen molar-refractivity contribution in [3.8, 4) is 5.75 Å². The molecule has 78 valence electrons. The summed E-state index contributed by atoms with van der Waals surface area (Å²) in [5.74, 6) is 0.768. The van der Waals surface area contributed by atoms with E-state index in [0.29, 0.717) is 0 Å². The highest BCUT2D eigenvalue weighted by atomic mass is 79.9. The van der Waals surface area contributed by atoms with Crippen LogP contribution in [0.4, 0.5) is 0 Å². The average Bonchev–Trinajstić information content (AvgIpc) is 2.27. The van der Waals surface area contributed by atoms with Gasteiger partial charge in [0.25, 0.3) is 0 Å². The number of hydrogen-bond acceptors (Lipinski definition) is 3. The number of benzene rings is 1. The summed E-state index contributed by atoms with van der Waals surface area (Å²) < 4.78 is 5.24. The lowest BCUT2D eigenvalue weighted by Gasteiger charge is -2.07. The first-order chi connectivity index (χ1) is 7.26. The van der Waals surface area contributed by atoms with E-state index in [1.165, 1.54) is 0 Å². The normalized spacial score (nSPS) is 10.6. The van der Waals surface area contributed by atoms with Crippen LogP contribution in [0.5, 0.6) is 5.75 Å². The third-order valence-corrected chi connectivity index (χ3v) is 2.81. The van der Waals surface area contributed by atoms with E-state index in [0.717, 1.165) is 33.5 Å². The number of fused-ring (bicyclic) bond motifs is 1. The van der Waals surface area contributed by atoms with Gasteiger partial charge in [-0.15, -0.1) is 0 Å². The van der Waals surface area contributed by atoms with Crippen LogP contribution in [0.1, 0.15) is 11.4 Å². The number of methoxy groups -OCH3 is 1. The van der Waals surface area contributed by atoms with Crippen LogP contribution in [0.25, 0.3) is 11.0 Å². The van der Waals surface area contributed by atoms with Crippen LogP contribution in [0.3, 0.4) is 0 Å². The van der Waals surface area contributed by atoms with Crippen molar-refractivity contribution in [2.45, 2.75) is 12.3 Å². The van der Waals surface area contributed by atoms with Crippen molar-refractivity contribution in [1.29, 1.82) is 0 Å². The van der Waals surface area contributed by atoms with Gasteiger partial charge in [0.05, 0.1) is 24.0 Å². The molecule has 0 atom stereocenters. The maximum atomic E-state index is 5.24. The Balaban J connectivity index is 2.74. The van der Waals surface area contributed by atoms with Crippen molar-refractivity contribution in [3.05, 3.63) is 29.6 Å². The van der Waals surface area contributed by atoms with Crippen LogP contribution in [0, 0.1) is 6.92 Å². The molecule has 3 nitrogen and oxygen atoms in total. The van der Waals surface area contributed by atoms with Crippen LogP contribution in [-0.4, -0.2) is 17.1 Å². The topological polar surface area (TPSA) is 35.0 Å². The molecule has 2 rings (SSSR count). The standard InChI is InChI=1S/C11H11BrN2O/c1-7-9(6-12)14-8-4-3-5-10(15-2)11(8)13-7/h3-5H,6H2,1-2H3. The minimum Gasteiger partial charge on any atom is -0.494 e. The lowest BCUT2D eigenvalue weighted by molar-refractivity contribution is 0.418. The fourth-order valence-electron chi connectivity index (χ4n) is 1.46. The van der Waals surface area contributed by atoms with Gasteiger partial charge in [0.15, 0.2) is 0 Å². The highest BCUT2D eigenvalue weighted by Crippen LogP contribution is 2.23. The Morgan fingerprint density at radius 3 is 2.80 bits per heavy atom. The molecule has 15 heavy (non-hydrogen) atoms.